The molecule has 0 N–H and O–H groups in total. The Hall–Kier alpha value is -1.61. The summed E-state index contributed by atoms with van der Waals surface area (Å²) in [6.45, 7) is 1.79. The third kappa shape index (κ3) is 2.16. The molecule has 102 valence electrons. The van der Waals surface area contributed by atoms with E-state index in [0.29, 0.717) is 0 Å². The quantitative estimate of drug-likeness (QED) is 0.717. The van der Waals surface area contributed by atoms with E-state index in [9.17, 15) is 4.79 Å². The van der Waals surface area contributed by atoms with Crippen LogP contribution in [0.3, 0.4) is 0 Å². The summed E-state index contributed by atoms with van der Waals surface area (Å²) in [7, 11) is 0. The number of allylic oxidation sites excluding steroid dienone is 1. The minimum atomic E-state index is 0.214. The standard InChI is InChI=1S/C17H17NOS/c19-17(16-11-14-3-1-2-4-15(14)20-16)18-9-7-13(8-10-18)12-5-6-12/h1-4,11H,5-10H2. The second-order valence-electron chi connectivity index (χ2n) is 5.65. The lowest BCUT2D eigenvalue weighted by atomic mass is 10.0. The first-order valence-electron chi connectivity index (χ1n) is 7.29. The van der Waals surface area contributed by atoms with Crippen LogP contribution in [-0.4, -0.2) is 23.9 Å². The van der Waals surface area contributed by atoms with Crippen molar-refractivity contribution in [2.45, 2.75) is 25.7 Å². The highest BCUT2D eigenvalue weighted by molar-refractivity contribution is 7.20. The highest BCUT2D eigenvalue weighted by Crippen LogP contribution is 2.36. The Morgan fingerprint density at radius 1 is 1.00 bits per heavy atom. The fourth-order valence-corrected chi connectivity index (χ4v) is 4.02. The Bertz CT molecular complexity index is 664. The molecule has 4 rings (SSSR count). The summed E-state index contributed by atoms with van der Waals surface area (Å²) in [5.41, 5.74) is 3.30. The summed E-state index contributed by atoms with van der Waals surface area (Å²) in [6.07, 6.45) is 4.79. The topological polar surface area (TPSA) is 20.3 Å². The lowest BCUT2D eigenvalue weighted by Gasteiger charge is -2.28. The van der Waals surface area contributed by atoms with Gasteiger partial charge in [-0.05, 0) is 43.2 Å². The molecule has 2 fully saturated rings. The predicted molar refractivity (Wildman–Crippen MR) is 83.2 cm³/mol. The van der Waals surface area contributed by atoms with Gasteiger partial charge >= 0.3 is 0 Å². The maximum absolute atomic E-state index is 12.6. The third-order valence-corrected chi connectivity index (χ3v) is 5.39. The van der Waals surface area contributed by atoms with E-state index < -0.39 is 0 Å². The van der Waals surface area contributed by atoms with E-state index in [1.54, 1.807) is 22.5 Å². The molecular formula is C17H17NOS. The van der Waals surface area contributed by atoms with Gasteiger partial charge in [0.25, 0.3) is 5.91 Å². The molecule has 1 aromatic heterocycles. The number of piperidine rings is 1. The van der Waals surface area contributed by atoms with Gasteiger partial charge in [0, 0.05) is 17.8 Å². The van der Waals surface area contributed by atoms with Crippen LogP contribution in [0.5, 0.6) is 0 Å². The molecule has 1 saturated heterocycles. The molecule has 20 heavy (non-hydrogen) atoms. The van der Waals surface area contributed by atoms with Gasteiger partial charge in [-0.3, -0.25) is 4.79 Å². The zero-order valence-corrected chi connectivity index (χ0v) is 12.2. The highest BCUT2D eigenvalue weighted by atomic mass is 32.1. The van der Waals surface area contributed by atoms with Gasteiger partial charge in [0.2, 0.25) is 0 Å². The molecule has 0 radical (unpaired) electrons. The van der Waals surface area contributed by atoms with Crippen molar-refractivity contribution < 1.29 is 4.79 Å². The molecule has 0 spiro atoms. The maximum Gasteiger partial charge on any atom is 0.263 e. The molecule has 2 aromatic rings. The van der Waals surface area contributed by atoms with Gasteiger partial charge in [-0.1, -0.05) is 29.3 Å². The fraction of sp³-hybridized carbons (Fsp3) is 0.353. The number of fused-ring (bicyclic) bond motifs is 1. The summed E-state index contributed by atoms with van der Waals surface area (Å²) >= 11 is 1.62. The van der Waals surface area contributed by atoms with Crippen LogP contribution in [-0.2, 0) is 0 Å². The molecule has 3 heteroatoms. The second-order valence-corrected chi connectivity index (χ2v) is 6.73. The van der Waals surface area contributed by atoms with Gasteiger partial charge in [-0.2, -0.15) is 0 Å². The van der Waals surface area contributed by atoms with Crippen molar-refractivity contribution in [1.29, 1.82) is 0 Å². The van der Waals surface area contributed by atoms with Crippen LogP contribution in [0.25, 0.3) is 10.1 Å². The number of rotatable bonds is 1. The molecule has 0 atom stereocenters. The molecule has 0 unspecified atom stereocenters. The van der Waals surface area contributed by atoms with Gasteiger partial charge in [-0.25, -0.2) is 0 Å². The van der Waals surface area contributed by atoms with E-state index >= 15 is 0 Å². The average Bonchev–Trinajstić information content (AvgIpc) is 3.25. The number of amides is 1. The third-order valence-electron chi connectivity index (χ3n) is 4.29. The molecule has 1 saturated carbocycles. The first-order chi connectivity index (χ1) is 9.81. The van der Waals surface area contributed by atoms with Gasteiger partial charge in [0.05, 0.1) is 4.88 Å². The Morgan fingerprint density at radius 3 is 2.40 bits per heavy atom. The van der Waals surface area contributed by atoms with Crippen LogP contribution >= 0.6 is 11.3 Å². The largest absolute Gasteiger partial charge is 0.337 e. The molecular weight excluding hydrogens is 266 g/mol. The van der Waals surface area contributed by atoms with E-state index in [0.717, 1.165) is 30.8 Å². The van der Waals surface area contributed by atoms with Crippen LogP contribution < -0.4 is 0 Å². The van der Waals surface area contributed by atoms with Crippen molar-refractivity contribution >= 4 is 27.3 Å². The van der Waals surface area contributed by atoms with Gasteiger partial charge in [-0.15, -0.1) is 11.3 Å². The zero-order valence-electron chi connectivity index (χ0n) is 11.4. The molecule has 1 aromatic carbocycles. The number of carbonyl (C=O) groups excluding carboxylic acids is 1. The van der Waals surface area contributed by atoms with Crippen molar-refractivity contribution in [3.8, 4) is 0 Å². The summed E-state index contributed by atoms with van der Waals surface area (Å²) in [6, 6.07) is 10.3. The number of likely N-dealkylation sites (tertiary alicyclic amines) is 1. The molecule has 2 aliphatic rings. The van der Waals surface area contributed by atoms with Crippen LogP contribution in [0, 0.1) is 0 Å². The summed E-state index contributed by atoms with van der Waals surface area (Å²) in [4.78, 5) is 15.5. The van der Waals surface area contributed by atoms with Crippen molar-refractivity contribution in [2.24, 2.45) is 0 Å². The Balaban J connectivity index is 1.53. The lowest BCUT2D eigenvalue weighted by Crippen LogP contribution is -2.35. The molecule has 1 aliphatic heterocycles. The Labute approximate surface area is 122 Å². The van der Waals surface area contributed by atoms with E-state index in [1.807, 2.05) is 23.1 Å². The van der Waals surface area contributed by atoms with Crippen molar-refractivity contribution in [3.63, 3.8) is 0 Å². The number of nitrogens with zero attached hydrogens (tertiary/aromatic N) is 1. The molecule has 2 heterocycles. The Kier molecular flexibility index (Phi) is 2.88. The van der Waals surface area contributed by atoms with Gasteiger partial charge in [0.1, 0.15) is 0 Å². The minimum Gasteiger partial charge on any atom is -0.337 e. The van der Waals surface area contributed by atoms with Crippen LogP contribution in [0.2, 0.25) is 0 Å². The minimum absolute atomic E-state index is 0.214. The van der Waals surface area contributed by atoms with Crippen molar-refractivity contribution in [3.05, 3.63) is 46.4 Å². The summed E-state index contributed by atoms with van der Waals surface area (Å²) < 4.78 is 1.20. The first kappa shape index (κ1) is 12.2. The number of benzene rings is 1. The van der Waals surface area contributed by atoms with Crippen LogP contribution in [0.4, 0.5) is 0 Å². The van der Waals surface area contributed by atoms with Crippen LogP contribution in [0.15, 0.2) is 41.5 Å². The molecule has 0 bridgehead atoms. The molecule has 1 aliphatic carbocycles. The maximum atomic E-state index is 12.6. The average molecular weight is 283 g/mol. The number of carbonyl (C=O) groups is 1. The van der Waals surface area contributed by atoms with Crippen molar-refractivity contribution in [2.75, 3.05) is 13.1 Å². The van der Waals surface area contributed by atoms with E-state index in [2.05, 4.69) is 12.1 Å². The van der Waals surface area contributed by atoms with Gasteiger partial charge in [0.15, 0.2) is 0 Å². The van der Waals surface area contributed by atoms with E-state index in [-0.39, 0.29) is 5.91 Å². The lowest BCUT2D eigenvalue weighted by molar-refractivity contribution is 0.0748. The molecule has 1 amide bonds. The second kappa shape index (κ2) is 4.74. The monoisotopic (exact) mass is 283 g/mol. The van der Waals surface area contributed by atoms with E-state index in [1.165, 1.54) is 22.9 Å². The summed E-state index contributed by atoms with van der Waals surface area (Å²) in [5, 5.41) is 1.18. The SMILES string of the molecule is O=C(c1cc2ccccc2s1)N1CCC(=C2CC2)CC1. The summed E-state index contributed by atoms with van der Waals surface area (Å²) in [5.74, 6) is 0.214. The zero-order chi connectivity index (χ0) is 13.5. The fourth-order valence-electron chi connectivity index (χ4n) is 2.99. The Morgan fingerprint density at radius 2 is 1.70 bits per heavy atom. The number of hydrogen-bond donors (Lipinski definition) is 0. The number of thiophene rings is 1. The number of hydrogen-bond acceptors (Lipinski definition) is 2. The van der Waals surface area contributed by atoms with Crippen LogP contribution in [0.1, 0.15) is 35.4 Å². The first-order valence-corrected chi connectivity index (χ1v) is 8.10. The smallest absolute Gasteiger partial charge is 0.263 e. The predicted octanol–water partition coefficient (Wildman–Crippen LogP) is 4.23. The van der Waals surface area contributed by atoms with E-state index in [4.69, 9.17) is 0 Å². The highest BCUT2D eigenvalue weighted by Gasteiger charge is 2.25. The normalized spacial score (nSPS) is 18.7. The van der Waals surface area contributed by atoms with Gasteiger partial charge < -0.3 is 4.90 Å². The van der Waals surface area contributed by atoms with Crippen molar-refractivity contribution in [1.82, 2.24) is 4.90 Å². The molecule has 2 nitrogen and oxygen atoms in total.